The van der Waals surface area contributed by atoms with Crippen LogP contribution >= 0.6 is 23.2 Å². The van der Waals surface area contributed by atoms with Crippen LogP contribution in [0.15, 0.2) is 0 Å². The number of imidazole rings is 1. The number of hydrogen-bond acceptors (Lipinski definition) is 4. The maximum atomic E-state index is 6.48. The van der Waals surface area contributed by atoms with Gasteiger partial charge in [-0.1, -0.05) is 29.6 Å². The van der Waals surface area contributed by atoms with Gasteiger partial charge in [0.15, 0.2) is 5.15 Å². The summed E-state index contributed by atoms with van der Waals surface area (Å²) >= 11 is 12.8. The number of aryl methyl sites for hydroxylation is 1. The normalized spacial score (nSPS) is 19.3. The molecule has 4 rings (SSSR count). The van der Waals surface area contributed by atoms with Crippen molar-refractivity contribution in [3.8, 4) is 11.9 Å². The summed E-state index contributed by atoms with van der Waals surface area (Å²) in [5.74, 6) is 0.388. The number of aromatic nitrogens is 3. The molecule has 2 aromatic heterocycles. The Labute approximate surface area is 144 Å². The molecule has 2 fully saturated rings. The van der Waals surface area contributed by atoms with Crippen molar-refractivity contribution in [2.24, 2.45) is 7.05 Å². The molecule has 2 saturated carbocycles. The molecule has 2 aromatic rings. The number of fused-ring (bicyclic) bond motifs is 1. The molecule has 2 aliphatic carbocycles. The standard InChI is InChI=1S/C16H19Cl2N3O2/c1-21-13-11(17)15(22-10-7-8-10)20-14(18)12(13)19-16(21)23-9-5-3-2-4-6-9/h9-10H,2-8H2,1H3. The summed E-state index contributed by atoms with van der Waals surface area (Å²) in [7, 11) is 1.89. The van der Waals surface area contributed by atoms with Gasteiger partial charge >= 0.3 is 0 Å². The zero-order valence-electron chi connectivity index (χ0n) is 13.0. The highest BCUT2D eigenvalue weighted by Gasteiger charge is 2.28. The van der Waals surface area contributed by atoms with E-state index in [-0.39, 0.29) is 12.2 Å². The minimum absolute atomic E-state index is 0.208. The zero-order chi connectivity index (χ0) is 16.0. The van der Waals surface area contributed by atoms with Gasteiger partial charge in [0.05, 0.1) is 5.52 Å². The van der Waals surface area contributed by atoms with Gasteiger partial charge in [-0.15, -0.1) is 0 Å². The lowest BCUT2D eigenvalue weighted by molar-refractivity contribution is 0.138. The summed E-state index contributed by atoms with van der Waals surface area (Å²) in [5.41, 5.74) is 1.28. The largest absolute Gasteiger partial charge is 0.473 e. The quantitative estimate of drug-likeness (QED) is 0.756. The minimum Gasteiger partial charge on any atom is -0.473 e. The summed E-state index contributed by atoms with van der Waals surface area (Å²) in [6.07, 6.45) is 8.33. The summed E-state index contributed by atoms with van der Waals surface area (Å²) in [6, 6.07) is 0.543. The van der Waals surface area contributed by atoms with E-state index in [1.54, 1.807) is 0 Å². The third kappa shape index (κ3) is 2.96. The molecule has 0 radical (unpaired) electrons. The number of ether oxygens (including phenoxy) is 2. The number of halogens is 2. The Morgan fingerprint density at radius 2 is 1.65 bits per heavy atom. The average molecular weight is 356 g/mol. The van der Waals surface area contributed by atoms with Gasteiger partial charge < -0.3 is 9.47 Å². The van der Waals surface area contributed by atoms with E-state index in [4.69, 9.17) is 32.7 Å². The van der Waals surface area contributed by atoms with Crippen molar-refractivity contribution in [2.75, 3.05) is 0 Å². The molecule has 2 heterocycles. The molecule has 2 aliphatic rings. The molecule has 0 atom stereocenters. The van der Waals surface area contributed by atoms with Gasteiger partial charge in [-0.05, 0) is 38.5 Å². The van der Waals surface area contributed by atoms with Crippen LogP contribution in [0.25, 0.3) is 11.0 Å². The van der Waals surface area contributed by atoms with Crippen LogP contribution in [0.4, 0.5) is 0 Å². The summed E-state index contributed by atoms with van der Waals surface area (Å²) in [5, 5.41) is 0.749. The van der Waals surface area contributed by atoms with E-state index in [9.17, 15) is 0 Å². The topological polar surface area (TPSA) is 49.2 Å². The lowest BCUT2D eigenvalue weighted by Gasteiger charge is -2.22. The second-order valence-corrected chi connectivity index (χ2v) is 7.10. The fraction of sp³-hybridized carbons (Fsp3) is 0.625. The van der Waals surface area contributed by atoms with Crippen LogP contribution in [-0.4, -0.2) is 26.7 Å². The fourth-order valence-corrected chi connectivity index (χ4v) is 3.54. The van der Waals surface area contributed by atoms with Crippen molar-refractivity contribution in [3.63, 3.8) is 0 Å². The van der Waals surface area contributed by atoms with Gasteiger partial charge in [0.1, 0.15) is 22.7 Å². The smallest absolute Gasteiger partial charge is 0.297 e. The Bertz CT molecular complexity index is 737. The van der Waals surface area contributed by atoms with Crippen LogP contribution in [0.1, 0.15) is 44.9 Å². The van der Waals surface area contributed by atoms with Gasteiger partial charge in [0.2, 0.25) is 5.88 Å². The monoisotopic (exact) mass is 355 g/mol. The Balaban J connectivity index is 1.70. The molecule has 23 heavy (non-hydrogen) atoms. The highest BCUT2D eigenvalue weighted by atomic mass is 35.5. The molecular formula is C16H19Cl2N3O2. The van der Waals surface area contributed by atoms with Crippen molar-refractivity contribution in [2.45, 2.75) is 57.2 Å². The maximum Gasteiger partial charge on any atom is 0.297 e. The van der Waals surface area contributed by atoms with Crippen LogP contribution in [0.2, 0.25) is 10.2 Å². The van der Waals surface area contributed by atoms with Crippen LogP contribution in [-0.2, 0) is 7.05 Å². The first-order chi connectivity index (χ1) is 11.1. The maximum absolute atomic E-state index is 6.48. The Hall–Kier alpha value is -1.20. The highest BCUT2D eigenvalue weighted by Crippen LogP contribution is 2.39. The van der Waals surface area contributed by atoms with E-state index in [1.165, 1.54) is 19.3 Å². The van der Waals surface area contributed by atoms with Crippen molar-refractivity contribution >= 4 is 34.2 Å². The van der Waals surface area contributed by atoms with Gasteiger partial charge in [0.25, 0.3) is 6.01 Å². The lowest BCUT2D eigenvalue weighted by Crippen LogP contribution is -2.21. The second-order valence-electron chi connectivity index (χ2n) is 6.37. The van der Waals surface area contributed by atoms with Crippen LogP contribution in [0.3, 0.4) is 0 Å². The van der Waals surface area contributed by atoms with E-state index in [0.29, 0.717) is 33.1 Å². The highest BCUT2D eigenvalue weighted by molar-refractivity contribution is 6.39. The SMILES string of the molecule is Cn1c(OC2CCCCC2)nc2c(Cl)nc(OC3CC3)c(Cl)c21. The molecule has 0 aliphatic heterocycles. The third-order valence-electron chi connectivity index (χ3n) is 4.47. The number of pyridine rings is 1. The average Bonchev–Trinajstić information content (AvgIpc) is 3.30. The molecule has 0 N–H and O–H groups in total. The Morgan fingerprint density at radius 3 is 2.35 bits per heavy atom. The predicted octanol–water partition coefficient (Wildman–Crippen LogP) is 4.53. The lowest BCUT2D eigenvalue weighted by atomic mass is 9.98. The molecule has 0 aromatic carbocycles. The van der Waals surface area contributed by atoms with Crippen molar-refractivity contribution in [3.05, 3.63) is 10.2 Å². The summed E-state index contributed by atoms with van der Waals surface area (Å²) in [4.78, 5) is 8.77. The van der Waals surface area contributed by atoms with Gasteiger partial charge in [-0.2, -0.15) is 9.97 Å². The molecular weight excluding hydrogens is 337 g/mol. The molecule has 0 bridgehead atoms. The minimum atomic E-state index is 0.208. The van der Waals surface area contributed by atoms with Gasteiger partial charge in [-0.25, -0.2) is 0 Å². The first-order valence-electron chi connectivity index (χ1n) is 8.18. The number of nitrogens with zero attached hydrogens (tertiary/aromatic N) is 3. The predicted molar refractivity (Wildman–Crippen MR) is 89.7 cm³/mol. The molecule has 7 heteroatoms. The van der Waals surface area contributed by atoms with Crippen LogP contribution in [0.5, 0.6) is 11.9 Å². The molecule has 124 valence electrons. The summed E-state index contributed by atoms with van der Waals surface area (Å²) < 4.78 is 13.7. The van der Waals surface area contributed by atoms with Crippen LogP contribution in [0, 0.1) is 0 Å². The van der Waals surface area contributed by atoms with E-state index < -0.39 is 0 Å². The summed E-state index contributed by atoms with van der Waals surface area (Å²) in [6.45, 7) is 0. The fourth-order valence-electron chi connectivity index (χ4n) is 3.02. The van der Waals surface area contributed by atoms with E-state index in [1.807, 2.05) is 11.6 Å². The van der Waals surface area contributed by atoms with Gasteiger partial charge in [0, 0.05) is 7.05 Å². The van der Waals surface area contributed by atoms with E-state index in [0.717, 1.165) is 25.7 Å². The Kier molecular flexibility index (Phi) is 4.01. The second kappa shape index (κ2) is 6.02. The van der Waals surface area contributed by atoms with E-state index >= 15 is 0 Å². The first kappa shape index (κ1) is 15.3. The van der Waals surface area contributed by atoms with Crippen LogP contribution < -0.4 is 9.47 Å². The first-order valence-corrected chi connectivity index (χ1v) is 8.94. The van der Waals surface area contributed by atoms with Crippen molar-refractivity contribution in [1.29, 1.82) is 0 Å². The third-order valence-corrected chi connectivity index (χ3v) is 5.08. The van der Waals surface area contributed by atoms with E-state index in [2.05, 4.69) is 9.97 Å². The zero-order valence-corrected chi connectivity index (χ0v) is 14.5. The Morgan fingerprint density at radius 1 is 0.957 bits per heavy atom. The van der Waals surface area contributed by atoms with Gasteiger partial charge in [-0.3, -0.25) is 4.57 Å². The number of hydrogen-bond donors (Lipinski definition) is 0. The molecule has 0 amide bonds. The van der Waals surface area contributed by atoms with Crippen molar-refractivity contribution in [1.82, 2.24) is 14.5 Å². The number of rotatable bonds is 4. The molecule has 5 nitrogen and oxygen atoms in total. The molecule has 0 saturated heterocycles. The molecule has 0 unspecified atom stereocenters. The van der Waals surface area contributed by atoms with Crippen molar-refractivity contribution < 1.29 is 9.47 Å². The molecule has 0 spiro atoms.